The van der Waals surface area contributed by atoms with E-state index in [4.69, 9.17) is 0 Å². The lowest BCUT2D eigenvalue weighted by Gasteiger charge is -2.57. The SMILES string of the molecule is O=C(Cc1ccccc1Br)N1CCc2c(ncnc2NCC23CC4CC(CC(C4)C2)C3)C1. The van der Waals surface area contributed by atoms with Crippen molar-refractivity contribution in [3.63, 3.8) is 0 Å². The fraction of sp³-hybridized carbons (Fsp3) is 0.577. The van der Waals surface area contributed by atoms with E-state index in [1.807, 2.05) is 29.2 Å². The molecule has 4 fully saturated rings. The summed E-state index contributed by atoms with van der Waals surface area (Å²) in [7, 11) is 0. The Morgan fingerprint density at radius 2 is 1.81 bits per heavy atom. The van der Waals surface area contributed by atoms with Crippen LogP contribution in [0.3, 0.4) is 0 Å². The molecule has 4 saturated carbocycles. The molecule has 1 aliphatic heterocycles. The maximum atomic E-state index is 12.9. The minimum atomic E-state index is 0.157. The zero-order chi connectivity index (χ0) is 21.7. The second kappa shape index (κ2) is 8.12. The molecule has 0 spiro atoms. The largest absolute Gasteiger partial charge is 0.369 e. The van der Waals surface area contributed by atoms with E-state index in [-0.39, 0.29) is 5.91 Å². The summed E-state index contributed by atoms with van der Waals surface area (Å²) in [4.78, 5) is 24.1. The highest BCUT2D eigenvalue weighted by Gasteiger charge is 2.50. The lowest BCUT2D eigenvalue weighted by atomic mass is 9.49. The van der Waals surface area contributed by atoms with E-state index in [1.165, 1.54) is 44.1 Å². The second-order valence-electron chi connectivity index (χ2n) is 10.8. The van der Waals surface area contributed by atoms with Gasteiger partial charge in [0.1, 0.15) is 12.1 Å². The summed E-state index contributed by atoms with van der Waals surface area (Å²) >= 11 is 3.56. The number of hydrogen-bond acceptors (Lipinski definition) is 4. The van der Waals surface area contributed by atoms with Gasteiger partial charge in [0.15, 0.2) is 0 Å². The van der Waals surface area contributed by atoms with Gasteiger partial charge in [0.25, 0.3) is 0 Å². The van der Waals surface area contributed by atoms with E-state index in [2.05, 4.69) is 31.2 Å². The lowest BCUT2D eigenvalue weighted by molar-refractivity contribution is -0.131. The number of nitrogens with zero attached hydrogens (tertiary/aromatic N) is 3. The van der Waals surface area contributed by atoms with E-state index >= 15 is 0 Å². The van der Waals surface area contributed by atoms with Crippen LogP contribution in [0.25, 0.3) is 0 Å². The van der Waals surface area contributed by atoms with Crippen LogP contribution in [0.1, 0.15) is 55.3 Å². The predicted octanol–water partition coefficient (Wildman–Crippen LogP) is 4.99. The van der Waals surface area contributed by atoms with E-state index < -0.39 is 0 Å². The van der Waals surface area contributed by atoms with E-state index in [9.17, 15) is 4.79 Å². The fourth-order valence-electron chi connectivity index (χ4n) is 7.41. The molecule has 32 heavy (non-hydrogen) atoms. The molecule has 5 nitrogen and oxygen atoms in total. The highest BCUT2D eigenvalue weighted by Crippen LogP contribution is 2.59. The molecule has 1 aromatic heterocycles. The Labute approximate surface area is 198 Å². The molecule has 1 amide bonds. The molecule has 0 atom stereocenters. The molecule has 7 rings (SSSR count). The number of halogens is 1. The van der Waals surface area contributed by atoms with Crippen LogP contribution in [0.4, 0.5) is 5.82 Å². The lowest BCUT2D eigenvalue weighted by Crippen LogP contribution is -2.49. The summed E-state index contributed by atoms with van der Waals surface area (Å²) in [5.41, 5.74) is 3.72. The third-order valence-corrected chi connectivity index (χ3v) is 9.23. The van der Waals surface area contributed by atoms with Crippen LogP contribution in [0.2, 0.25) is 0 Å². The van der Waals surface area contributed by atoms with Gasteiger partial charge < -0.3 is 10.2 Å². The van der Waals surface area contributed by atoms with Crippen molar-refractivity contribution in [1.29, 1.82) is 0 Å². The van der Waals surface area contributed by atoms with Gasteiger partial charge in [0.2, 0.25) is 5.91 Å². The standard InChI is InChI=1S/C26H31BrN4O/c27-22-4-2-1-3-20(22)10-24(32)31-6-5-21-23(14-31)29-16-30-25(21)28-15-26-11-17-7-18(12-26)9-19(8-17)13-26/h1-4,16-19H,5-15H2,(H,28,29,30). The van der Waals surface area contributed by atoms with E-state index in [0.29, 0.717) is 18.4 Å². The third-order valence-electron chi connectivity index (χ3n) is 8.46. The Morgan fingerprint density at radius 1 is 1.09 bits per heavy atom. The first kappa shape index (κ1) is 20.6. The average molecular weight is 495 g/mol. The number of anilines is 1. The highest BCUT2D eigenvalue weighted by atomic mass is 79.9. The number of fused-ring (bicyclic) bond motifs is 1. The summed E-state index contributed by atoms with van der Waals surface area (Å²) in [6, 6.07) is 7.95. The van der Waals surface area contributed by atoms with Gasteiger partial charge in [0.05, 0.1) is 18.7 Å². The molecule has 4 bridgehead atoms. The summed E-state index contributed by atoms with van der Waals surface area (Å²) < 4.78 is 0.990. The van der Waals surface area contributed by atoms with Crippen molar-refractivity contribution in [3.8, 4) is 0 Å². The van der Waals surface area contributed by atoms with Crippen LogP contribution in [0.5, 0.6) is 0 Å². The van der Waals surface area contributed by atoms with Gasteiger partial charge in [-0.2, -0.15) is 0 Å². The molecule has 5 aliphatic rings. The maximum absolute atomic E-state index is 12.9. The number of nitrogens with one attached hydrogen (secondary N) is 1. The van der Waals surface area contributed by atoms with Crippen molar-refractivity contribution in [2.45, 2.75) is 57.9 Å². The van der Waals surface area contributed by atoms with Crippen molar-refractivity contribution in [2.75, 3.05) is 18.4 Å². The van der Waals surface area contributed by atoms with E-state index in [1.54, 1.807) is 6.33 Å². The summed E-state index contributed by atoms with van der Waals surface area (Å²) in [6.07, 6.45) is 11.5. The van der Waals surface area contributed by atoms with Crippen molar-refractivity contribution in [3.05, 3.63) is 51.9 Å². The zero-order valence-electron chi connectivity index (χ0n) is 18.5. The highest BCUT2D eigenvalue weighted by molar-refractivity contribution is 9.10. The molecule has 0 unspecified atom stereocenters. The molecule has 1 aromatic carbocycles. The molecule has 168 valence electrons. The topological polar surface area (TPSA) is 58.1 Å². The smallest absolute Gasteiger partial charge is 0.227 e. The van der Waals surface area contributed by atoms with Gasteiger partial charge >= 0.3 is 0 Å². The normalized spacial score (nSPS) is 30.3. The third kappa shape index (κ3) is 3.85. The minimum absolute atomic E-state index is 0.157. The number of hydrogen-bond donors (Lipinski definition) is 1. The molecule has 6 heteroatoms. The number of carbonyl (C=O) groups is 1. The van der Waals surface area contributed by atoms with Gasteiger partial charge in [0, 0.05) is 23.1 Å². The van der Waals surface area contributed by atoms with Crippen LogP contribution < -0.4 is 5.32 Å². The van der Waals surface area contributed by atoms with Crippen LogP contribution in [0.15, 0.2) is 35.1 Å². The van der Waals surface area contributed by atoms with Gasteiger partial charge in [-0.3, -0.25) is 4.79 Å². The van der Waals surface area contributed by atoms with E-state index in [0.717, 1.165) is 58.8 Å². The van der Waals surface area contributed by atoms with Crippen LogP contribution in [-0.2, 0) is 24.2 Å². The monoisotopic (exact) mass is 494 g/mol. The fourth-order valence-corrected chi connectivity index (χ4v) is 7.84. The number of rotatable bonds is 5. The van der Waals surface area contributed by atoms with Crippen molar-refractivity contribution < 1.29 is 4.79 Å². The first-order valence-electron chi connectivity index (χ1n) is 12.1. The van der Waals surface area contributed by atoms with Gasteiger partial charge in [-0.05, 0) is 79.7 Å². The first-order valence-corrected chi connectivity index (χ1v) is 12.9. The molecular weight excluding hydrogens is 464 g/mol. The van der Waals surface area contributed by atoms with Crippen molar-refractivity contribution >= 4 is 27.7 Å². The molecule has 0 radical (unpaired) electrons. The molecule has 4 aliphatic carbocycles. The van der Waals surface area contributed by atoms with Crippen LogP contribution >= 0.6 is 15.9 Å². The molecule has 1 N–H and O–H groups in total. The maximum Gasteiger partial charge on any atom is 0.227 e. The summed E-state index contributed by atoms with van der Waals surface area (Å²) in [5.74, 6) is 4.05. The van der Waals surface area contributed by atoms with Crippen molar-refractivity contribution in [1.82, 2.24) is 14.9 Å². The first-order chi connectivity index (χ1) is 15.6. The Kier molecular flexibility index (Phi) is 5.24. The molecule has 2 heterocycles. The molecular formula is C26H31BrN4O. The predicted molar refractivity (Wildman–Crippen MR) is 128 cm³/mol. The quantitative estimate of drug-likeness (QED) is 0.635. The number of benzene rings is 1. The van der Waals surface area contributed by atoms with Crippen LogP contribution in [0, 0.1) is 23.2 Å². The van der Waals surface area contributed by atoms with Crippen LogP contribution in [-0.4, -0.2) is 33.9 Å². The zero-order valence-corrected chi connectivity index (χ0v) is 20.1. The number of carbonyl (C=O) groups excluding carboxylic acids is 1. The molecule has 0 saturated heterocycles. The average Bonchev–Trinajstić information content (AvgIpc) is 2.78. The Bertz CT molecular complexity index is 1000. The van der Waals surface area contributed by atoms with Gasteiger partial charge in [-0.25, -0.2) is 9.97 Å². The Balaban J connectivity index is 1.13. The second-order valence-corrected chi connectivity index (χ2v) is 11.6. The number of aromatic nitrogens is 2. The summed E-state index contributed by atoms with van der Waals surface area (Å²) in [5, 5.41) is 3.76. The number of amides is 1. The van der Waals surface area contributed by atoms with Crippen molar-refractivity contribution in [2.24, 2.45) is 23.2 Å². The van der Waals surface area contributed by atoms with Gasteiger partial charge in [-0.15, -0.1) is 0 Å². The minimum Gasteiger partial charge on any atom is -0.369 e. The molecule has 2 aromatic rings. The Hall–Kier alpha value is -1.95. The Morgan fingerprint density at radius 3 is 2.53 bits per heavy atom. The summed E-state index contributed by atoms with van der Waals surface area (Å²) in [6.45, 7) is 2.35. The van der Waals surface area contributed by atoms with Gasteiger partial charge in [-0.1, -0.05) is 34.1 Å².